The number of halogens is 3. The number of hydrogen-bond donors (Lipinski definition) is 2. The quantitative estimate of drug-likeness (QED) is 0.590. The van der Waals surface area contributed by atoms with Gasteiger partial charge in [-0.25, -0.2) is 5.48 Å². The summed E-state index contributed by atoms with van der Waals surface area (Å²) in [6.45, 7) is 0.365. The molecule has 1 heterocycles. The van der Waals surface area contributed by atoms with Gasteiger partial charge in [0.15, 0.2) is 0 Å². The number of rotatable bonds is 3. The normalized spacial score (nSPS) is 21.1. The van der Waals surface area contributed by atoms with Crippen molar-refractivity contribution in [2.24, 2.45) is 5.41 Å². The summed E-state index contributed by atoms with van der Waals surface area (Å²) in [5.41, 5.74) is 2.65. The van der Waals surface area contributed by atoms with Crippen molar-refractivity contribution in [2.75, 3.05) is 6.54 Å². The fraction of sp³-hybridized carbons (Fsp3) is 0.364. The molecule has 0 radical (unpaired) electrons. The third kappa shape index (κ3) is 3.56. The van der Waals surface area contributed by atoms with E-state index in [-0.39, 0.29) is 18.0 Å². The number of fused-ring (bicyclic) bond motifs is 1. The maximum atomic E-state index is 13.3. The van der Waals surface area contributed by atoms with E-state index in [2.05, 4.69) is 0 Å². The minimum atomic E-state index is -4.46. The van der Waals surface area contributed by atoms with Gasteiger partial charge in [0, 0.05) is 18.7 Å². The van der Waals surface area contributed by atoms with Gasteiger partial charge in [-0.05, 0) is 60.6 Å². The van der Waals surface area contributed by atoms with Crippen LogP contribution in [0.2, 0.25) is 0 Å². The number of hydroxylamine groups is 1. The van der Waals surface area contributed by atoms with Crippen molar-refractivity contribution in [1.82, 2.24) is 10.4 Å². The van der Waals surface area contributed by atoms with E-state index in [1.165, 1.54) is 17.0 Å². The van der Waals surface area contributed by atoms with Crippen LogP contribution in [-0.4, -0.2) is 28.5 Å². The molecular weight excluding hydrogens is 397 g/mol. The number of nitrogens with one attached hydrogen (secondary N) is 1. The van der Waals surface area contributed by atoms with Gasteiger partial charge in [-0.2, -0.15) is 13.2 Å². The lowest BCUT2D eigenvalue weighted by Gasteiger charge is -2.33. The molecule has 2 amide bonds. The molecule has 2 aliphatic rings. The highest BCUT2D eigenvalue weighted by Gasteiger charge is 2.48. The molecule has 0 bridgehead atoms. The van der Waals surface area contributed by atoms with Gasteiger partial charge >= 0.3 is 6.18 Å². The minimum absolute atomic E-state index is 0.0568. The Balaban J connectivity index is 1.54. The monoisotopic (exact) mass is 418 g/mol. The van der Waals surface area contributed by atoms with Crippen LogP contribution in [-0.2, 0) is 30.4 Å². The molecule has 0 aromatic heterocycles. The summed E-state index contributed by atoms with van der Waals surface area (Å²) in [5.74, 6) is -0.702. The van der Waals surface area contributed by atoms with E-state index in [4.69, 9.17) is 5.21 Å². The largest absolute Gasteiger partial charge is 0.416 e. The average Bonchev–Trinajstić information content (AvgIpc) is 3.02. The van der Waals surface area contributed by atoms with Crippen LogP contribution in [0.25, 0.3) is 0 Å². The molecule has 2 aromatic carbocycles. The molecular formula is C22H21F3N2O3. The van der Waals surface area contributed by atoms with Crippen molar-refractivity contribution < 1.29 is 28.0 Å². The zero-order chi connectivity index (χ0) is 21.5. The van der Waals surface area contributed by atoms with E-state index in [0.717, 1.165) is 17.2 Å². The lowest BCUT2D eigenvalue weighted by Crippen LogP contribution is -2.38. The van der Waals surface area contributed by atoms with Crippen LogP contribution in [0.4, 0.5) is 13.2 Å². The first-order chi connectivity index (χ1) is 14.2. The number of alkyl halides is 3. The molecule has 0 saturated carbocycles. The second-order valence-electron chi connectivity index (χ2n) is 8.01. The summed E-state index contributed by atoms with van der Waals surface area (Å²) in [4.78, 5) is 26.4. The Morgan fingerprint density at radius 3 is 2.63 bits per heavy atom. The number of likely N-dealkylation sites (tertiary alicyclic amines) is 1. The zero-order valence-electron chi connectivity index (χ0n) is 16.1. The summed E-state index contributed by atoms with van der Waals surface area (Å²) in [7, 11) is 0. The van der Waals surface area contributed by atoms with Gasteiger partial charge in [0.1, 0.15) is 0 Å². The molecule has 2 N–H and O–H groups in total. The SMILES string of the molecule is O=C(NO)c1ccc2c(c1)CC[C@]1(CCN(Cc3ccccc3C(F)(F)F)C1=O)C2. The molecule has 1 saturated heterocycles. The Labute approximate surface area is 171 Å². The van der Waals surface area contributed by atoms with Crippen molar-refractivity contribution in [3.05, 3.63) is 70.3 Å². The maximum Gasteiger partial charge on any atom is 0.416 e. The molecule has 8 heteroatoms. The summed E-state index contributed by atoms with van der Waals surface area (Å²) in [6, 6.07) is 10.5. The average molecular weight is 418 g/mol. The molecule has 30 heavy (non-hydrogen) atoms. The third-order valence-electron chi connectivity index (χ3n) is 6.26. The third-order valence-corrected chi connectivity index (χ3v) is 6.26. The Hall–Kier alpha value is -2.87. The maximum absolute atomic E-state index is 13.3. The summed E-state index contributed by atoms with van der Waals surface area (Å²) in [5, 5.41) is 8.79. The molecule has 0 unspecified atom stereocenters. The molecule has 2 aromatic rings. The van der Waals surface area contributed by atoms with Crippen LogP contribution < -0.4 is 5.48 Å². The lowest BCUT2D eigenvalue weighted by atomic mass is 9.70. The summed E-state index contributed by atoms with van der Waals surface area (Å²) < 4.78 is 39.9. The summed E-state index contributed by atoms with van der Waals surface area (Å²) in [6.07, 6.45) is -2.18. The molecule has 5 nitrogen and oxygen atoms in total. The fourth-order valence-electron chi connectivity index (χ4n) is 4.64. The number of amides is 2. The molecule has 1 aliphatic carbocycles. The Morgan fingerprint density at radius 1 is 1.13 bits per heavy atom. The zero-order valence-corrected chi connectivity index (χ0v) is 16.1. The number of carbonyl (C=O) groups excluding carboxylic acids is 2. The number of hydrogen-bond acceptors (Lipinski definition) is 3. The van der Waals surface area contributed by atoms with E-state index < -0.39 is 23.1 Å². The number of benzene rings is 2. The van der Waals surface area contributed by atoms with Crippen LogP contribution in [0.3, 0.4) is 0 Å². The highest BCUT2D eigenvalue weighted by Crippen LogP contribution is 2.44. The Kier molecular flexibility index (Phi) is 5.05. The van der Waals surface area contributed by atoms with E-state index in [1.54, 1.807) is 29.7 Å². The van der Waals surface area contributed by atoms with Crippen molar-refractivity contribution in [1.29, 1.82) is 0 Å². The van der Waals surface area contributed by atoms with Crippen molar-refractivity contribution >= 4 is 11.8 Å². The fourth-order valence-corrected chi connectivity index (χ4v) is 4.64. The van der Waals surface area contributed by atoms with Gasteiger partial charge in [-0.1, -0.05) is 24.3 Å². The minimum Gasteiger partial charge on any atom is -0.338 e. The number of carbonyl (C=O) groups is 2. The van der Waals surface area contributed by atoms with E-state index in [1.807, 2.05) is 0 Å². The second-order valence-corrected chi connectivity index (χ2v) is 8.01. The van der Waals surface area contributed by atoms with Crippen LogP contribution >= 0.6 is 0 Å². The molecule has 1 spiro atoms. The van der Waals surface area contributed by atoms with Gasteiger partial charge in [-0.15, -0.1) is 0 Å². The van der Waals surface area contributed by atoms with Gasteiger partial charge in [0.25, 0.3) is 5.91 Å². The van der Waals surface area contributed by atoms with Gasteiger partial charge in [0.2, 0.25) is 5.91 Å². The standard InChI is InChI=1S/C22H21F3N2O3/c23-22(24,25)18-4-2-1-3-17(18)13-27-10-9-21(20(27)29)8-7-14-11-15(19(28)26-30)5-6-16(14)12-21/h1-6,11,30H,7-10,12-13H2,(H,26,28)/t21-/m0/s1. The highest BCUT2D eigenvalue weighted by molar-refractivity contribution is 5.93. The molecule has 4 rings (SSSR count). The van der Waals surface area contributed by atoms with Crippen molar-refractivity contribution in [3.63, 3.8) is 0 Å². The predicted octanol–water partition coefficient (Wildman–Crippen LogP) is 3.73. The van der Waals surface area contributed by atoms with Crippen LogP contribution in [0, 0.1) is 5.41 Å². The van der Waals surface area contributed by atoms with Crippen molar-refractivity contribution in [3.8, 4) is 0 Å². The number of nitrogens with zero attached hydrogens (tertiary/aromatic N) is 1. The Morgan fingerprint density at radius 2 is 1.90 bits per heavy atom. The highest BCUT2D eigenvalue weighted by atomic mass is 19.4. The smallest absolute Gasteiger partial charge is 0.338 e. The topological polar surface area (TPSA) is 69.6 Å². The van der Waals surface area contributed by atoms with E-state index >= 15 is 0 Å². The summed E-state index contributed by atoms with van der Waals surface area (Å²) >= 11 is 0. The molecule has 158 valence electrons. The van der Waals surface area contributed by atoms with Gasteiger partial charge in [0.05, 0.1) is 11.0 Å². The number of aryl methyl sites for hydroxylation is 1. The van der Waals surface area contributed by atoms with Crippen LogP contribution in [0.1, 0.15) is 45.5 Å². The Bertz CT molecular complexity index is 1010. The first-order valence-corrected chi connectivity index (χ1v) is 9.74. The van der Waals surface area contributed by atoms with Gasteiger partial charge in [-0.3, -0.25) is 14.8 Å². The predicted molar refractivity (Wildman–Crippen MR) is 102 cm³/mol. The first-order valence-electron chi connectivity index (χ1n) is 9.74. The van der Waals surface area contributed by atoms with Crippen molar-refractivity contribution in [2.45, 2.75) is 38.4 Å². The molecule has 1 fully saturated rings. The second kappa shape index (κ2) is 7.43. The first kappa shape index (κ1) is 20.4. The molecule has 1 aliphatic heterocycles. The van der Waals surface area contributed by atoms with Gasteiger partial charge < -0.3 is 4.90 Å². The van der Waals surface area contributed by atoms with E-state index in [9.17, 15) is 22.8 Å². The van der Waals surface area contributed by atoms with Crippen LogP contribution in [0.15, 0.2) is 42.5 Å². The van der Waals surface area contributed by atoms with E-state index in [0.29, 0.717) is 37.8 Å². The van der Waals surface area contributed by atoms with Crippen LogP contribution in [0.5, 0.6) is 0 Å². The lowest BCUT2D eigenvalue weighted by molar-refractivity contribution is -0.141. The molecule has 1 atom stereocenters.